The lowest BCUT2D eigenvalue weighted by atomic mass is 9.86. The minimum atomic E-state index is -1.33. The number of nitro groups is 1. The van der Waals surface area contributed by atoms with Crippen molar-refractivity contribution >= 4 is 35.2 Å². The van der Waals surface area contributed by atoms with E-state index in [1.165, 1.54) is 47.9 Å². The van der Waals surface area contributed by atoms with Crippen molar-refractivity contribution in [1.82, 2.24) is 10.2 Å². The van der Waals surface area contributed by atoms with E-state index < -0.39 is 44.4 Å². The van der Waals surface area contributed by atoms with E-state index in [1.54, 1.807) is 13.8 Å². The van der Waals surface area contributed by atoms with Gasteiger partial charge in [0.2, 0.25) is 0 Å². The number of para-hydroxylation sites is 1. The Morgan fingerprint density at radius 1 is 1.31 bits per heavy atom. The lowest BCUT2D eigenvalue weighted by Crippen LogP contribution is -2.78. The Balaban J connectivity index is 1.88. The van der Waals surface area contributed by atoms with Crippen molar-refractivity contribution in [3.8, 4) is 0 Å². The monoisotopic (exact) mass is 379 g/mol. The third kappa shape index (κ3) is 2.44. The summed E-state index contributed by atoms with van der Waals surface area (Å²) in [5.41, 5.74) is -1.84. The number of rotatable bonds is 4. The first-order valence-electron chi connectivity index (χ1n) is 7.80. The Labute approximate surface area is 152 Å². The molecule has 0 spiro atoms. The largest absolute Gasteiger partial charge is 0.480 e. The molecule has 0 bridgehead atoms. The summed E-state index contributed by atoms with van der Waals surface area (Å²) in [4.78, 5) is 48.5. The normalized spacial score (nSPS) is 28.9. The highest BCUT2D eigenvalue weighted by molar-refractivity contribution is 8.01. The molecule has 2 N–H and O–H groups in total. The number of aliphatic carboxylic acids is 1. The van der Waals surface area contributed by atoms with Crippen LogP contribution in [0.25, 0.3) is 0 Å². The molecule has 9 nitrogen and oxygen atoms in total. The molecule has 1 aromatic carbocycles. The van der Waals surface area contributed by atoms with Crippen LogP contribution < -0.4 is 5.32 Å². The molecule has 2 aliphatic heterocycles. The van der Waals surface area contributed by atoms with Gasteiger partial charge in [0.25, 0.3) is 17.5 Å². The lowest BCUT2D eigenvalue weighted by Gasteiger charge is -2.51. The second kappa shape index (κ2) is 5.70. The summed E-state index contributed by atoms with van der Waals surface area (Å²) in [6.07, 6.45) is 0. The highest BCUT2D eigenvalue weighted by atomic mass is 32.2. The zero-order valence-corrected chi connectivity index (χ0v) is 15.1. The number of carboxylic acids is 1. The molecule has 2 saturated heterocycles. The van der Waals surface area contributed by atoms with Crippen LogP contribution in [-0.2, 0) is 9.59 Å². The highest BCUT2D eigenvalue weighted by Gasteiger charge is 2.70. The second-order valence-electron chi connectivity index (χ2n) is 6.96. The van der Waals surface area contributed by atoms with Crippen LogP contribution in [0.15, 0.2) is 24.3 Å². The molecule has 26 heavy (non-hydrogen) atoms. The first kappa shape index (κ1) is 18.2. The predicted octanol–water partition coefficient (Wildman–Crippen LogP) is 1.23. The molecular weight excluding hydrogens is 362 g/mol. The topological polar surface area (TPSA) is 130 Å². The average molecular weight is 379 g/mol. The number of hydrogen-bond acceptors (Lipinski definition) is 6. The van der Waals surface area contributed by atoms with Crippen molar-refractivity contribution in [2.75, 3.05) is 0 Å². The SMILES string of the molecule is CC1(C)S[C@H]2N(C(=O)C2(C)NC(=O)c2ccccc2[N+](=O)[O-])[C@H]1C(=O)O. The highest BCUT2D eigenvalue weighted by Crippen LogP contribution is 2.54. The van der Waals surface area contributed by atoms with Gasteiger partial charge in [-0.05, 0) is 26.8 Å². The van der Waals surface area contributed by atoms with Crippen LogP contribution in [0.3, 0.4) is 0 Å². The summed E-state index contributed by atoms with van der Waals surface area (Å²) in [6.45, 7) is 4.97. The van der Waals surface area contributed by atoms with Crippen LogP contribution in [0.5, 0.6) is 0 Å². The maximum absolute atomic E-state index is 12.7. The number of carboxylic acid groups (broad SMARTS) is 1. The van der Waals surface area contributed by atoms with Crippen molar-refractivity contribution in [2.24, 2.45) is 0 Å². The van der Waals surface area contributed by atoms with E-state index in [-0.39, 0.29) is 11.3 Å². The smallest absolute Gasteiger partial charge is 0.327 e. The number of β-lactam (4-membered cyclic amide) rings is 1. The van der Waals surface area contributed by atoms with E-state index in [1.807, 2.05) is 0 Å². The maximum atomic E-state index is 12.7. The molecule has 0 aromatic heterocycles. The van der Waals surface area contributed by atoms with Crippen LogP contribution >= 0.6 is 11.8 Å². The van der Waals surface area contributed by atoms with Crippen LogP contribution in [0.2, 0.25) is 0 Å². The van der Waals surface area contributed by atoms with Gasteiger partial charge in [0.1, 0.15) is 22.5 Å². The number of hydrogen-bond donors (Lipinski definition) is 2. The first-order valence-corrected chi connectivity index (χ1v) is 8.68. The molecule has 2 fully saturated rings. The van der Waals surface area contributed by atoms with Gasteiger partial charge < -0.3 is 15.3 Å². The van der Waals surface area contributed by atoms with Gasteiger partial charge in [-0.2, -0.15) is 0 Å². The molecule has 1 aromatic rings. The van der Waals surface area contributed by atoms with Gasteiger partial charge in [-0.25, -0.2) is 4.79 Å². The number of carbonyl (C=O) groups excluding carboxylic acids is 2. The lowest BCUT2D eigenvalue weighted by molar-refractivity contribution is -0.385. The third-order valence-electron chi connectivity index (χ3n) is 4.73. The zero-order chi connectivity index (χ0) is 19.4. The summed E-state index contributed by atoms with van der Waals surface area (Å²) in [6, 6.07) is 4.46. The standard InChI is InChI=1S/C16H17N3O6S/c1-15(2)10(12(21)22)18-13(23)16(3,14(18)26-15)17-11(20)8-6-4-5-7-9(8)19(24)25/h4-7,10,14H,1-3H3,(H,17,20)(H,21,22)/t10-,14+,16?/m0/s1. The number of nitrogens with one attached hydrogen (secondary N) is 1. The summed E-state index contributed by atoms with van der Waals surface area (Å²) in [5, 5.41) is 22.6. The quantitative estimate of drug-likeness (QED) is 0.457. The van der Waals surface area contributed by atoms with Crippen molar-refractivity contribution < 1.29 is 24.4 Å². The Morgan fingerprint density at radius 2 is 1.92 bits per heavy atom. The molecule has 2 amide bonds. The molecule has 0 radical (unpaired) electrons. The molecule has 2 aliphatic rings. The third-order valence-corrected chi connectivity index (χ3v) is 6.48. The Bertz CT molecular complexity index is 841. The van der Waals surface area contributed by atoms with E-state index in [2.05, 4.69) is 5.32 Å². The summed E-state index contributed by atoms with van der Waals surface area (Å²) in [5.74, 6) is -2.37. The van der Waals surface area contributed by atoms with E-state index in [9.17, 15) is 29.6 Å². The number of nitrogens with zero attached hydrogens (tertiary/aromatic N) is 2. The number of nitro benzene ring substituents is 1. The van der Waals surface area contributed by atoms with E-state index in [0.29, 0.717) is 0 Å². The number of carbonyl (C=O) groups is 3. The molecule has 1 unspecified atom stereocenters. The summed E-state index contributed by atoms with van der Waals surface area (Å²) < 4.78 is -0.729. The van der Waals surface area contributed by atoms with E-state index in [0.717, 1.165) is 0 Å². The Kier molecular flexibility index (Phi) is 3.98. The van der Waals surface area contributed by atoms with Crippen LogP contribution in [0.1, 0.15) is 31.1 Å². The second-order valence-corrected chi connectivity index (χ2v) is 8.69. The Hall–Kier alpha value is -2.62. The number of benzene rings is 1. The molecule has 3 atom stereocenters. The fourth-order valence-electron chi connectivity index (χ4n) is 3.47. The first-order chi connectivity index (χ1) is 12.0. The minimum Gasteiger partial charge on any atom is -0.480 e. The van der Waals surface area contributed by atoms with E-state index in [4.69, 9.17) is 0 Å². The van der Waals surface area contributed by atoms with Crippen LogP contribution in [0.4, 0.5) is 5.69 Å². The predicted molar refractivity (Wildman–Crippen MR) is 92.7 cm³/mol. The number of fused-ring (bicyclic) bond motifs is 1. The zero-order valence-electron chi connectivity index (χ0n) is 14.3. The fraction of sp³-hybridized carbons (Fsp3) is 0.438. The van der Waals surface area contributed by atoms with Gasteiger partial charge in [0.05, 0.1) is 4.92 Å². The molecule has 2 heterocycles. The maximum Gasteiger partial charge on any atom is 0.327 e. The van der Waals surface area contributed by atoms with Gasteiger partial charge in [0.15, 0.2) is 0 Å². The number of amides is 2. The van der Waals surface area contributed by atoms with Gasteiger partial charge in [-0.1, -0.05) is 12.1 Å². The van der Waals surface area contributed by atoms with Gasteiger partial charge in [0, 0.05) is 10.8 Å². The van der Waals surface area contributed by atoms with Gasteiger partial charge >= 0.3 is 5.97 Å². The van der Waals surface area contributed by atoms with Crippen LogP contribution in [-0.4, -0.2) is 54.4 Å². The minimum absolute atomic E-state index is 0.151. The van der Waals surface area contributed by atoms with E-state index >= 15 is 0 Å². The number of thioether (sulfide) groups is 1. The summed E-state index contributed by atoms with van der Waals surface area (Å²) >= 11 is 1.29. The summed E-state index contributed by atoms with van der Waals surface area (Å²) in [7, 11) is 0. The fourth-order valence-corrected chi connectivity index (χ4v) is 5.11. The molecule has 138 valence electrons. The average Bonchev–Trinajstić information content (AvgIpc) is 2.84. The molecule has 3 rings (SSSR count). The molecule has 0 aliphatic carbocycles. The molecule has 10 heteroatoms. The molecule has 0 saturated carbocycles. The van der Waals surface area contributed by atoms with Crippen molar-refractivity contribution in [1.29, 1.82) is 0 Å². The van der Waals surface area contributed by atoms with Crippen molar-refractivity contribution in [3.63, 3.8) is 0 Å². The molecular formula is C16H17N3O6S. The van der Waals surface area contributed by atoms with Gasteiger partial charge in [-0.3, -0.25) is 19.7 Å². The van der Waals surface area contributed by atoms with Crippen molar-refractivity contribution in [2.45, 2.75) is 42.5 Å². The van der Waals surface area contributed by atoms with Crippen molar-refractivity contribution in [3.05, 3.63) is 39.9 Å². The Morgan fingerprint density at radius 3 is 2.50 bits per heavy atom. The van der Waals surface area contributed by atoms with Crippen LogP contribution in [0, 0.1) is 10.1 Å². The van der Waals surface area contributed by atoms with Gasteiger partial charge in [-0.15, -0.1) is 11.8 Å².